The third-order valence-electron chi connectivity index (χ3n) is 5.14. The van der Waals surface area contributed by atoms with Crippen LogP contribution in [-0.4, -0.2) is 30.9 Å². The van der Waals surface area contributed by atoms with E-state index in [0.29, 0.717) is 44.3 Å². The molecule has 0 saturated carbocycles. The van der Waals surface area contributed by atoms with E-state index in [9.17, 15) is 9.59 Å². The predicted octanol–water partition coefficient (Wildman–Crippen LogP) is 3.27. The highest BCUT2D eigenvalue weighted by Crippen LogP contribution is 2.36. The molecule has 1 aliphatic heterocycles. The van der Waals surface area contributed by atoms with Crippen LogP contribution >= 0.6 is 22.7 Å². The highest BCUT2D eigenvalue weighted by Gasteiger charge is 2.33. The second-order valence-electron chi connectivity index (χ2n) is 7.16. The fraction of sp³-hybridized carbons (Fsp3) is 0.292. The zero-order chi connectivity index (χ0) is 23.5. The summed E-state index contributed by atoms with van der Waals surface area (Å²) in [5, 5.41) is 1.96. The van der Waals surface area contributed by atoms with Gasteiger partial charge < -0.3 is 14.2 Å². The van der Waals surface area contributed by atoms with E-state index >= 15 is 0 Å². The lowest BCUT2D eigenvalue weighted by molar-refractivity contribution is -0.139. The van der Waals surface area contributed by atoms with Crippen molar-refractivity contribution in [1.82, 2.24) is 4.57 Å². The summed E-state index contributed by atoms with van der Waals surface area (Å²) < 4.78 is 18.6. The number of hydrogen-bond donors (Lipinski definition) is 0. The number of fused-ring (bicyclic) bond motifs is 1. The Balaban J connectivity index is 1.97. The van der Waals surface area contributed by atoms with Gasteiger partial charge in [-0.25, -0.2) is 9.79 Å². The first-order valence-electron chi connectivity index (χ1n) is 10.5. The Morgan fingerprint density at radius 2 is 2.03 bits per heavy atom. The SMILES string of the molecule is CCOC(=O)C1=C(C)N=c2sc(=Cc3cccs3)c(=O)n2[C@@H]1c1ccc(OC)c(OCC)c1. The molecule has 1 aromatic carbocycles. The van der Waals surface area contributed by atoms with E-state index in [2.05, 4.69) is 4.99 Å². The number of methoxy groups -OCH3 is 1. The summed E-state index contributed by atoms with van der Waals surface area (Å²) in [6.07, 6.45) is 1.86. The summed E-state index contributed by atoms with van der Waals surface area (Å²) in [7, 11) is 1.57. The molecular weight excluding hydrogens is 460 g/mol. The number of thiophene rings is 1. The number of nitrogens with zero attached hydrogens (tertiary/aromatic N) is 2. The van der Waals surface area contributed by atoms with Crippen LogP contribution in [0.4, 0.5) is 0 Å². The molecular formula is C24H24N2O5S2. The van der Waals surface area contributed by atoms with Gasteiger partial charge in [-0.3, -0.25) is 9.36 Å². The zero-order valence-electron chi connectivity index (χ0n) is 18.8. The molecule has 0 bridgehead atoms. The zero-order valence-corrected chi connectivity index (χ0v) is 20.4. The van der Waals surface area contributed by atoms with Crippen molar-refractivity contribution >= 4 is 34.7 Å². The number of esters is 1. The van der Waals surface area contributed by atoms with E-state index in [1.165, 1.54) is 11.3 Å². The second kappa shape index (κ2) is 9.76. The quantitative estimate of drug-likeness (QED) is 0.481. The van der Waals surface area contributed by atoms with Gasteiger partial charge in [0.1, 0.15) is 0 Å². The number of thiazole rings is 1. The Labute approximate surface area is 198 Å². The Hall–Kier alpha value is -3.17. The van der Waals surface area contributed by atoms with Gasteiger partial charge in [-0.15, -0.1) is 11.3 Å². The maximum absolute atomic E-state index is 13.5. The normalized spacial score (nSPS) is 15.8. The molecule has 2 aromatic heterocycles. The predicted molar refractivity (Wildman–Crippen MR) is 129 cm³/mol. The van der Waals surface area contributed by atoms with E-state index in [-0.39, 0.29) is 12.2 Å². The van der Waals surface area contributed by atoms with Gasteiger partial charge in [0.15, 0.2) is 16.3 Å². The van der Waals surface area contributed by atoms with Gasteiger partial charge in [0.05, 0.1) is 42.2 Å². The smallest absolute Gasteiger partial charge is 0.338 e. The van der Waals surface area contributed by atoms with Crippen LogP contribution in [0.15, 0.2) is 56.8 Å². The largest absolute Gasteiger partial charge is 0.493 e. The Kier molecular flexibility index (Phi) is 6.80. The van der Waals surface area contributed by atoms with E-state index < -0.39 is 12.0 Å². The average molecular weight is 485 g/mol. The Bertz CT molecular complexity index is 1380. The van der Waals surface area contributed by atoms with Crippen molar-refractivity contribution in [3.63, 3.8) is 0 Å². The lowest BCUT2D eigenvalue weighted by atomic mass is 9.95. The minimum atomic E-state index is -0.698. The molecule has 3 heterocycles. The number of carbonyl (C=O) groups is 1. The van der Waals surface area contributed by atoms with Crippen molar-refractivity contribution < 1.29 is 19.0 Å². The molecule has 0 radical (unpaired) electrons. The number of benzene rings is 1. The third-order valence-corrected chi connectivity index (χ3v) is 6.94. The van der Waals surface area contributed by atoms with Gasteiger partial charge >= 0.3 is 5.97 Å². The molecule has 1 aliphatic rings. The second-order valence-corrected chi connectivity index (χ2v) is 9.15. The first-order chi connectivity index (χ1) is 16.0. The number of ether oxygens (including phenoxy) is 3. The fourth-order valence-electron chi connectivity index (χ4n) is 3.74. The maximum atomic E-state index is 13.5. The molecule has 0 aliphatic carbocycles. The van der Waals surface area contributed by atoms with Crippen molar-refractivity contribution in [1.29, 1.82) is 0 Å². The van der Waals surface area contributed by atoms with Crippen molar-refractivity contribution in [2.45, 2.75) is 26.8 Å². The van der Waals surface area contributed by atoms with Crippen LogP contribution in [0, 0.1) is 0 Å². The van der Waals surface area contributed by atoms with E-state index in [1.807, 2.05) is 36.6 Å². The molecule has 0 fully saturated rings. The average Bonchev–Trinajstić information content (AvgIpc) is 3.41. The molecule has 1 atom stereocenters. The standard InChI is InChI=1S/C24H24N2O5S2/c1-5-30-18-12-15(9-10-17(18)29-4)21-20(23(28)31-6-2)14(3)25-24-26(21)22(27)19(33-24)13-16-8-7-11-32-16/h7-13,21H,5-6H2,1-4H3/t21-/m1/s1. The van der Waals surface area contributed by atoms with E-state index in [0.717, 1.165) is 4.88 Å². The van der Waals surface area contributed by atoms with Crippen LogP contribution in [0.25, 0.3) is 6.08 Å². The molecule has 172 valence electrons. The highest BCUT2D eigenvalue weighted by atomic mass is 32.1. The topological polar surface area (TPSA) is 79.1 Å². The van der Waals surface area contributed by atoms with Gasteiger partial charge in [0.2, 0.25) is 0 Å². The molecule has 0 unspecified atom stereocenters. The fourth-order valence-corrected chi connectivity index (χ4v) is 5.51. The van der Waals surface area contributed by atoms with Gasteiger partial charge in [-0.05, 0) is 56.0 Å². The summed E-state index contributed by atoms with van der Waals surface area (Å²) in [4.78, 5) is 32.6. The van der Waals surface area contributed by atoms with Crippen LogP contribution in [0.3, 0.4) is 0 Å². The van der Waals surface area contributed by atoms with Crippen LogP contribution in [0.1, 0.15) is 37.3 Å². The van der Waals surface area contributed by atoms with Crippen LogP contribution in [-0.2, 0) is 9.53 Å². The van der Waals surface area contributed by atoms with Crippen molar-refractivity contribution in [2.24, 2.45) is 4.99 Å². The monoisotopic (exact) mass is 484 g/mol. The van der Waals surface area contributed by atoms with Gasteiger partial charge in [0, 0.05) is 4.88 Å². The highest BCUT2D eigenvalue weighted by molar-refractivity contribution is 7.11. The molecule has 7 nitrogen and oxygen atoms in total. The number of aromatic nitrogens is 1. The van der Waals surface area contributed by atoms with Crippen LogP contribution < -0.4 is 24.4 Å². The minimum Gasteiger partial charge on any atom is -0.493 e. The summed E-state index contributed by atoms with van der Waals surface area (Å²) in [5.41, 5.74) is 1.36. The number of carbonyl (C=O) groups excluding carboxylic acids is 1. The van der Waals surface area contributed by atoms with E-state index in [1.54, 1.807) is 49.0 Å². The van der Waals surface area contributed by atoms with Crippen LogP contribution in [0.2, 0.25) is 0 Å². The Morgan fingerprint density at radius 3 is 2.70 bits per heavy atom. The summed E-state index contributed by atoms with van der Waals surface area (Å²) in [6, 6.07) is 8.61. The summed E-state index contributed by atoms with van der Waals surface area (Å²) in [6.45, 7) is 6.07. The number of rotatable bonds is 7. The molecule has 4 rings (SSSR count). The minimum absolute atomic E-state index is 0.208. The number of allylic oxidation sites excluding steroid dienone is 1. The number of hydrogen-bond acceptors (Lipinski definition) is 8. The van der Waals surface area contributed by atoms with Gasteiger partial charge in [-0.1, -0.05) is 23.5 Å². The first kappa shape index (κ1) is 23.0. The molecule has 0 N–H and O–H groups in total. The molecule has 0 saturated heterocycles. The van der Waals surface area contributed by atoms with Crippen LogP contribution in [0.5, 0.6) is 11.5 Å². The van der Waals surface area contributed by atoms with Gasteiger partial charge in [-0.2, -0.15) is 0 Å². The summed E-state index contributed by atoms with van der Waals surface area (Å²) >= 11 is 2.86. The maximum Gasteiger partial charge on any atom is 0.338 e. The Morgan fingerprint density at radius 1 is 1.21 bits per heavy atom. The lowest BCUT2D eigenvalue weighted by Gasteiger charge is -2.25. The molecule has 33 heavy (non-hydrogen) atoms. The first-order valence-corrected chi connectivity index (χ1v) is 12.2. The van der Waals surface area contributed by atoms with Crippen molar-refractivity contribution in [3.8, 4) is 11.5 Å². The van der Waals surface area contributed by atoms with E-state index in [4.69, 9.17) is 14.2 Å². The van der Waals surface area contributed by atoms with Gasteiger partial charge in [0.25, 0.3) is 5.56 Å². The molecule has 0 spiro atoms. The lowest BCUT2D eigenvalue weighted by Crippen LogP contribution is -2.39. The molecule has 9 heteroatoms. The molecule has 0 amide bonds. The van der Waals surface area contributed by atoms with Crippen molar-refractivity contribution in [3.05, 3.63) is 77.1 Å². The molecule has 3 aromatic rings. The summed E-state index contributed by atoms with van der Waals surface area (Å²) in [5.74, 6) is 0.616. The van der Waals surface area contributed by atoms with Crippen molar-refractivity contribution in [2.75, 3.05) is 20.3 Å². The third kappa shape index (κ3) is 4.38.